The third kappa shape index (κ3) is 3.11. The number of rotatable bonds is 5. The number of aromatic nitrogens is 1. The number of nitrogens with two attached hydrogens (primary N) is 1. The van der Waals surface area contributed by atoms with Crippen LogP contribution in [0.15, 0.2) is 30.3 Å². The predicted molar refractivity (Wildman–Crippen MR) is 71.7 cm³/mol. The summed E-state index contributed by atoms with van der Waals surface area (Å²) >= 11 is 0. The summed E-state index contributed by atoms with van der Waals surface area (Å²) in [7, 11) is 0. The van der Waals surface area contributed by atoms with Gasteiger partial charge in [-0.15, -0.1) is 0 Å². The first-order valence-electron chi connectivity index (χ1n) is 5.89. The molecule has 1 heterocycles. The Morgan fingerprint density at radius 3 is 2.95 bits per heavy atom. The van der Waals surface area contributed by atoms with Crippen molar-refractivity contribution in [2.75, 3.05) is 18.6 Å². The lowest BCUT2D eigenvalue weighted by molar-refractivity contribution is -0.145. The first-order valence-corrected chi connectivity index (χ1v) is 5.89. The third-order valence-corrected chi connectivity index (χ3v) is 2.48. The molecule has 2 rings (SSSR count). The number of nitrogens with one attached hydrogen (secondary N) is 1. The molecule has 0 atom stereocenters. The number of para-hydroxylation sites is 1. The van der Waals surface area contributed by atoms with Crippen molar-refractivity contribution in [3.05, 3.63) is 30.3 Å². The van der Waals surface area contributed by atoms with Gasteiger partial charge < -0.3 is 14.9 Å². The normalized spacial score (nSPS) is 10.2. The molecule has 0 fully saturated rings. The maximum atomic E-state index is 11.3. The molecule has 0 aliphatic carbocycles. The Hall–Kier alpha value is -2.34. The summed E-state index contributed by atoms with van der Waals surface area (Å²) in [4.78, 5) is 15.6. The van der Waals surface area contributed by atoms with Crippen molar-refractivity contribution < 1.29 is 14.3 Å². The highest BCUT2D eigenvalue weighted by Gasteiger charge is 2.08. The minimum Gasteiger partial charge on any atom is -0.480 e. The minimum absolute atomic E-state index is 0.144. The van der Waals surface area contributed by atoms with E-state index in [1.165, 1.54) is 0 Å². The number of carbonyl (C=O) groups is 1. The van der Waals surface area contributed by atoms with Crippen molar-refractivity contribution in [1.29, 1.82) is 0 Å². The van der Waals surface area contributed by atoms with E-state index in [0.29, 0.717) is 23.7 Å². The molecule has 0 aliphatic rings. The van der Waals surface area contributed by atoms with Crippen molar-refractivity contribution in [3.8, 4) is 5.75 Å². The Labute approximate surface area is 110 Å². The fraction of sp³-hybridized carbons (Fsp3) is 0.231. The van der Waals surface area contributed by atoms with Crippen LogP contribution < -0.4 is 16.0 Å². The number of carbonyl (C=O) groups excluding carboxylic acids is 1. The molecule has 6 nitrogen and oxygen atoms in total. The Bertz CT molecular complexity index is 586. The molecule has 0 spiro atoms. The van der Waals surface area contributed by atoms with Gasteiger partial charge in [0.15, 0.2) is 6.61 Å². The quantitative estimate of drug-likeness (QED) is 0.481. The number of pyridine rings is 1. The highest BCUT2D eigenvalue weighted by molar-refractivity contribution is 5.86. The van der Waals surface area contributed by atoms with Gasteiger partial charge in [-0.25, -0.2) is 15.6 Å². The molecule has 1 aromatic heterocycles. The van der Waals surface area contributed by atoms with E-state index in [9.17, 15) is 4.79 Å². The molecular weight excluding hydrogens is 246 g/mol. The van der Waals surface area contributed by atoms with Crippen molar-refractivity contribution in [2.24, 2.45) is 5.84 Å². The third-order valence-electron chi connectivity index (χ3n) is 2.48. The smallest absolute Gasteiger partial charge is 0.344 e. The number of esters is 1. The largest absolute Gasteiger partial charge is 0.480 e. The maximum Gasteiger partial charge on any atom is 0.344 e. The van der Waals surface area contributed by atoms with Gasteiger partial charge in [-0.2, -0.15) is 0 Å². The molecule has 19 heavy (non-hydrogen) atoms. The number of nitrogen functional groups attached to an aromatic ring is 1. The van der Waals surface area contributed by atoms with E-state index in [0.717, 1.165) is 5.39 Å². The summed E-state index contributed by atoms with van der Waals surface area (Å²) < 4.78 is 10.2. The average Bonchev–Trinajstić information content (AvgIpc) is 2.44. The van der Waals surface area contributed by atoms with Gasteiger partial charge in [-0.1, -0.05) is 12.1 Å². The van der Waals surface area contributed by atoms with Crippen LogP contribution in [-0.2, 0) is 9.53 Å². The molecule has 2 aromatic rings. The number of fused-ring (bicyclic) bond motifs is 1. The molecule has 0 unspecified atom stereocenters. The zero-order valence-electron chi connectivity index (χ0n) is 10.6. The second-order valence-corrected chi connectivity index (χ2v) is 3.76. The van der Waals surface area contributed by atoms with Crippen LogP contribution in [0, 0.1) is 0 Å². The molecule has 6 heteroatoms. The molecule has 0 radical (unpaired) electrons. The first kappa shape index (κ1) is 13.1. The van der Waals surface area contributed by atoms with Crippen LogP contribution in [0.2, 0.25) is 0 Å². The standard InChI is InChI=1S/C13H15N3O3/c1-2-18-12(17)8-19-10-5-3-4-9-6-7-11(16-14)15-13(9)10/h3-7H,2,8,14H2,1H3,(H,15,16). The monoisotopic (exact) mass is 261 g/mol. The van der Waals surface area contributed by atoms with Gasteiger partial charge in [0.05, 0.1) is 6.61 Å². The van der Waals surface area contributed by atoms with Crippen molar-refractivity contribution in [3.63, 3.8) is 0 Å². The fourth-order valence-corrected chi connectivity index (χ4v) is 1.66. The fourth-order valence-electron chi connectivity index (χ4n) is 1.66. The van der Waals surface area contributed by atoms with Gasteiger partial charge in [-0.3, -0.25) is 0 Å². The van der Waals surface area contributed by atoms with Gasteiger partial charge in [0.25, 0.3) is 0 Å². The van der Waals surface area contributed by atoms with Crippen LogP contribution in [0.3, 0.4) is 0 Å². The summed E-state index contributed by atoms with van der Waals surface area (Å²) in [5, 5.41) is 0.903. The van der Waals surface area contributed by atoms with E-state index in [1.54, 1.807) is 19.1 Å². The van der Waals surface area contributed by atoms with Crippen LogP contribution in [-0.4, -0.2) is 24.2 Å². The lowest BCUT2D eigenvalue weighted by Gasteiger charge is -2.09. The Morgan fingerprint density at radius 1 is 1.37 bits per heavy atom. The number of hydrazine groups is 1. The molecule has 3 N–H and O–H groups in total. The number of benzene rings is 1. The summed E-state index contributed by atoms with van der Waals surface area (Å²) in [5.41, 5.74) is 3.11. The van der Waals surface area contributed by atoms with Crippen LogP contribution >= 0.6 is 0 Å². The van der Waals surface area contributed by atoms with Crippen molar-refractivity contribution >= 4 is 22.7 Å². The summed E-state index contributed by atoms with van der Waals surface area (Å²) in [6.45, 7) is 1.93. The van der Waals surface area contributed by atoms with Crippen LogP contribution in [0.25, 0.3) is 10.9 Å². The predicted octanol–water partition coefficient (Wildman–Crippen LogP) is 1.46. The van der Waals surface area contributed by atoms with E-state index < -0.39 is 5.97 Å². The topological polar surface area (TPSA) is 86.5 Å². The van der Waals surface area contributed by atoms with Gasteiger partial charge in [-0.05, 0) is 25.1 Å². The van der Waals surface area contributed by atoms with E-state index >= 15 is 0 Å². The number of anilines is 1. The molecule has 0 amide bonds. The molecular formula is C13H15N3O3. The number of hydrogen-bond acceptors (Lipinski definition) is 6. The van der Waals surface area contributed by atoms with E-state index in [-0.39, 0.29) is 6.61 Å². The van der Waals surface area contributed by atoms with Crippen LogP contribution in [0.5, 0.6) is 5.75 Å². The molecule has 0 saturated heterocycles. The second kappa shape index (κ2) is 6.01. The second-order valence-electron chi connectivity index (χ2n) is 3.76. The SMILES string of the molecule is CCOC(=O)COc1cccc2ccc(NN)nc12. The van der Waals surface area contributed by atoms with E-state index in [4.69, 9.17) is 15.3 Å². The Balaban J connectivity index is 2.24. The van der Waals surface area contributed by atoms with Gasteiger partial charge in [0.2, 0.25) is 0 Å². The number of hydrogen-bond donors (Lipinski definition) is 2. The van der Waals surface area contributed by atoms with Crippen LogP contribution in [0.1, 0.15) is 6.92 Å². The highest BCUT2D eigenvalue weighted by atomic mass is 16.6. The van der Waals surface area contributed by atoms with E-state index in [2.05, 4.69) is 10.4 Å². The number of nitrogens with zero attached hydrogens (tertiary/aromatic N) is 1. The van der Waals surface area contributed by atoms with Gasteiger partial charge >= 0.3 is 5.97 Å². The zero-order chi connectivity index (χ0) is 13.7. The van der Waals surface area contributed by atoms with Crippen LogP contribution in [0.4, 0.5) is 5.82 Å². The lowest BCUT2D eigenvalue weighted by Crippen LogP contribution is -2.15. The highest BCUT2D eigenvalue weighted by Crippen LogP contribution is 2.24. The zero-order valence-corrected chi connectivity index (χ0v) is 10.6. The number of ether oxygens (including phenoxy) is 2. The molecule has 0 saturated carbocycles. The first-order chi connectivity index (χ1) is 9.24. The average molecular weight is 261 g/mol. The van der Waals surface area contributed by atoms with Gasteiger partial charge in [0.1, 0.15) is 17.1 Å². The van der Waals surface area contributed by atoms with Crippen molar-refractivity contribution in [2.45, 2.75) is 6.92 Å². The Morgan fingerprint density at radius 2 is 2.21 bits per heavy atom. The van der Waals surface area contributed by atoms with Crippen molar-refractivity contribution in [1.82, 2.24) is 4.98 Å². The summed E-state index contributed by atoms with van der Waals surface area (Å²) in [6.07, 6.45) is 0. The summed E-state index contributed by atoms with van der Waals surface area (Å²) in [6, 6.07) is 9.11. The molecule has 0 bridgehead atoms. The molecule has 0 aliphatic heterocycles. The summed E-state index contributed by atoms with van der Waals surface area (Å²) in [5.74, 6) is 5.96. The maximum absolute atomic E-state index is 11.3. The lowest BCUT2D eigenvalue weighted by atomic mass is 10.2. The Kier molecular flexibility index (Phi) is 4.15. The van der Waals surface area contributed by atoms with Gasteiger partial charge in [0, 0.05) is 5.39 Å². The minimum atomic E-state index is -0.410. The molecule has 1 aromatic carbocycles. The van der Waals surface area contributed by atoms with E-state index in [1.807, 2.05) is 18.2 Å². The molecule has 100 valence electrons.